The number of carbonyl (C=O) groups is 1. The molecule has 0 radical (unpaired) electrons. The molecule has 0 atom stereocenters. The zero-order valence-electron chi connectivity index (χ0n) is 11.9. The Hall–Kier alpha value is -0.680. The van der Waals surface area contributed by atoms with Crippen LogP contribution in [0.1, 0.15) is 51.4 Å². The first-order chi connectivity index (χ1) is 9.45. The first-order valence-electron chi connectivity index (χ1n) is 7.06. The SMILES string of the molecule is C=CC(=O)NCCCCCCCCCCOP(=O)(O)O. The Bertz CT molecular complexity index is 316. The number of hydrogen-bond acceptors (Lipinski definition) is 3. The number of rotatable bonds is 13. The van der Waals surface area contributed by atoms with Crippen molar-refractivity contribution in [2.75, 3.05) is 13.2 Å². The minimum absolute atomic E-state index is 0.118. The van der Waals surface area contributed by atoms with Gasteiger partial charge in [0.1, 0.15) is 0 Å². The molecule has 20 heavy (non-hydrogen) atoms. The van der Waals surface area contributed by atoms with Crippen molar-refractivity contribution in [2.45, 2.75) is 51.4 Å². The van der Waals surface area contributed by atoms with Gasteiger partial charge < -0.3 is 15.1 Å². The molecule has 0 rings (SSSR count). The molecule has 0 aliphatic heterocycles. The maximum atomic E-state index is 10.8. The molecule has 0 unspecified atom stereocenters. The summed E-state index contributed by atoms with van der Waals surface area (Å²) in [6, 6.07) is 0. The molecule has 6 nitrogen and oxygen atoms in total. The summed E-state index contributed by atoms with van der Waals surface area (Å²) in [5.41, 5.74) is 0. The molecule has 0 saturated heterocycles. The number of carbonyl (C=O) groups excluding carboxylic acids is 1. The molecule has 7 heteroatoms. The van der Waals surface area contributed by atoms with Gasteiger partial charge in [0.05, 0.1) is 6.61 Å². The van der Waals surface area contributed by atoms with Gasteiger partial charge >= 0.3 is 7.82 Å². The van der Waals surface area contributed by atoms with Crippen LogP contribution in [0.5, 0.6) is 0 Å². The average Bonchev–Trinajstić information content (AvgIpc) is 2.38. The highest BCUT2D eigenvalue weighted by atomic mass is 31.2. The fourth-order valence-electron chi connectivity index (χ4n) is 1.75. The van der Waals surface area contributed by atoms with Crippen LogP contribution < -0.4 is 5.32 Å². The molecule has 0 aromatic heterocycles. The van der Waals surface area contributed by atoms with E-state index in [0.29, 0.717) is 13.0 Å². The van der Waals surface area contributed by atoms with Crippen LogP contribution in [0.15, 0.2) is 12.7 Å². The second-order valence-electron chi connectivity index (χ2n) is 4.65. The van der Waals surface area contributed by atoms with Crippen molar-refractivity contribution in [3.05, 3.63) is 12.7 Å². The van der Waals surface area contributed by atoms with E-state index in [1.807, 2.05) is 0 Å². The molecule has 0 aromatic rings. The van der Waals surface area contributed by atoms with E-state index in [0.717, 1.165) is 44.9 Å². The molecule has 0 saturated carbocycles. The van der Waals surface area contributed by atoms with Gasteiger partial charge in [0.2, 0.25) is 5.91 Å². The van der Waals surface area contributed by atoms with E-state index in [9.17, 15) is 9.36 Å². The fourth-order valence-corrected chi connectivity index (χ4v) is 2.12. The first-order valence-corrected chi connectivity index (χ1v) is 8.59. The Morgan fingerprint density at radius 2 is 1.55 bits per heavy atom. The molecule has 0 heterocycles. The molecule has 0 bridgehead atoms. The topological polar surface area (TPSA) is 95.9 Å². The standard InChI is InChI=1S/C13H26NO5P/c1-2-13(15)14-11-9-7-5-3-4-6-8-10-12-19-20(16,17)18/h2H,1,3-12H2,(H,14,15)(H2,16,17,18). The normalized spacial score (nSPS) is 11.3. The zero-order valence-corrected chi connectivity index (χ0v) is 12.8. The van der Waals surface area contributed by atoms with E-state index in [2.05, 4.69) is 16.4 Å². The lowest BCUT2D eigenvalue weighted by molar-refractivity contribution is -0.116. The summed E-state index contributed by atoms with van der Waals surface area (Å²) in [7, 11) is -4.29. The number of amides is 1. The summed E-state index contributed by atoms with van der Waals surface area (Å²) in [5.74, 6) is -0.123. The van der Waals surface area contributed by atoms with Crippen LogP contribution in [-0.4, -0.2) is 28.8 Å². The van der Waals surface area contributed by atoms with Gasteiger partial charge in [0, 0.05) is 6.54 Å². The Morgan fingerprint density at radius 1 is 1.05 bits per heavy atom. The lowest BCUT2D eigenvalue weighted by Gasteiger charge is -2.05. The largest absolute Gasteiger partial charge is 0.469 e. The molecule has 0 fully saturated rings. The van der Waals surface area contributed by atoms with E-state index >= 15 is 0 Å². The van der Waals surface area contributed by atoms with Crippen LogP contribution in [0, 0.1) is 0 Å². The Balaban J connectivity index is 3.12. The van der Waals surface area contributed by atoms with Crippen LogP contribution in [0.2, 0.25) is 0 Å². The van der Waals surface area contributed by atoms with Crippen LogP contribution in [0.25, 0.3) is 0 Å². The predicted octanol–water partition coefficient (Wildman–Crippen LogP) is 2.52. The van der Waals surface area contributed by atoms with Gasteiger partial charge in [-0.15, -0.1) is 0 Å². The number of nitrogens with one attached hydrogen (secondary N) is 1. The molecule has 0 spiro atoms. The van der Waals surface area contributed by atoms with E-state index in [4.69, 9.17) is 9.79 Å². The van der Waals surface area contributed by atoms with Crippen molar-refractivity contribution < 1.29 is 23.7 Å². The van der Waals surface area contributed by atoms with E-state index in [1.165, 1.54) is 6.08 Å². The van der Waals surface area contributed by atoms with E-state index in [-0.39, 0.29) is 12.5 Å². The third-order valence-corrected chi connectivity index (χ3v) is 3.33. The molecular weight excluding hydrogens is 281 g/mol. The highest BCUT2D eigenvalue weighted by Gasteiger charge is 2.12. The summed E-state index contributed by atoms with van der Waals surface area (Å²) < 4.78 is 14.7. The van der Waals surface area contributed by atoms with Gasteiger partial charge in [-0.2, -0.15) is 0 Å². The monoisotopic (exact) mass is 307 g/mol. The smallest absolute Gasteiger partial charge is 0.353 e. The lowest BCUT2D eigenvalue weighted by atomic mass is 10.1. The summed E-state index contributed by atoms with van der Waals surface area (Å²) in [6.45, 7) is 4.20. The summed E-state index contributed by atoms with van der Waals surface area (Å²) in [4.78, 5) is 27.8. The fraction of sp³-hybridized carbons (Fsp3) is 0.769. The minimum Gasteiger partial charge on any atom is -0.353 e. The first kappa shape index (κ1) is 19.3. The van der Waals surface area contributed by atoms with Crippen LogP contribution in [0.4, 0.5) is 0 Å². The molecule has 1 amide bonds. The van der Waals surface area contributed by atoms with Gasteiger partial charge in [-0.05, 0) is 18.9 Å². The average molecular weight is 307 g/mol. The van der Waals surface area contributed by atoms with Crippen molar-refractivity contribution in [2.24, 2.45) is 0 Å². The van der Waals surface area contributed by atoms with Crippen LogP contribution >= 0.6 is 7.82 Å². The van der Waals surface area contributed by atoms with Gasteiger partial charge in [-0.3, -0.25) is 9.32 Å². The number of phosphoric ester groups is 1. The highest BCUT2D eigenvalue weighted by molar-refractivity contribution is 7.46. The zero-order chi connectivity index (χ0) is 15.3. The Labute approximate surface area is 120 Å². The maximum absolute atomic E-state index is 10.8. The van der Waals surface area contributed by atoms with Crippen LogP contribution in [0.3, 0.4) is 0 Å². The van der Waals surface area contributed by atoms with Crippen LogP contribution in [-0.2, 0) is 13.9 Å². The summed E-state index contributed by atoms with van der Waals surface area (Å²) >= 11 is 0. The van der Waals surface area contributed by atoms with Crippen molar-refractivity contribution >= 4 is 13.7 Å². The third-order valence-electron chi connectivity index (χ3n) is 2.82. The van der Waals surface area contributed by atoms with Crippen molar-refractivity contribution in [3.8, 4) is 0 Å². The number of hydrogen-bond donors (Lipinski definition) is 3. The third kappa shape index (κ3) is 15.4. The second-order valence-corrected chi connectivity index (χ2v) is 5.89. The van der Waals surface area contributed by atoms with Gasteiger partial charge in [-0.1, -0.05) is 45.1 Å². The summed E-state index contributed by atoms with van der Waals surface area (Å²) in [5, 5.41) is 2.74. The summed E-state index contributed by atoms with van der Waals surface area (Å²) in [6.07, 6.45) is 9.42. The Morgan fingerprint density at radius 3 is 2.05 bits per heavy atom. The van der Waals surface area contributed by atoms with E-state index in [1.54, 1.807) is 0 Å². The lowest BCUT2D eigenvalue weighted by Crippen LogP contribution is -2.21. The second kappa shape index (κ2) is 12.1. The van der Waals surface area contributed by atoms with Gasteiger partial charge in [0.25, 0.3) is 0 Å². The van der Waals surface area contributed by atoms with Crippen molar-refractivity contribution in [1.29, 1.82) is 0 Å². The van der Waals surface area contributed by atoms with Crippen molar-refractivity contribution in [3.63, 3.8) is 0 Å². The van der Waals surface area contributed by atoms with Gasteiger partial charge in [-0.25, -0.2) is 4.57 Å². The molecule has 118 valence electrons. The molecular formula is C13H26NO5P. The van der Waals surface area contributed by atoms with E-state index < -0.39 is 7.82 Å². The maximum Gasteiger partial charge on any atom is 0.469 e. The molecule has 0 aromatic carbocycles. The van der Waals surface area contributed by atoms with Gasteiger partial charge in [0.15, 0.2) is 0 Å². The number of phosphoric acid groups is 1. The predicted molar refractivity (Wildman–Crippen MR) is 78.1 cm³/mol. The Kier molecular flexibility index (Phi) is 11.7. The highest BCUT2D eigenvalue weighted by Crippen LogP contribution is 2.35. The number of unbranched alkanes of at least 4 members (excludes halogenated alkanes) is 7. The molecule has 0 aliphatic carbocycles. The van der Waals surface area contributed by atoms with Crippen molar-refractivity contribution in [1.82, 2.24) is 5.32 Å². The quantitative estimate of drug-likeness (QED) is 0.276. The minimum atomic E-state index is -4.29. The molecule has 0 aliphatic rings. The molecule has 3 N–H and O–H groups in total.